The summed E-state index contributed by atoms with van der Waals surface area (Å²) < 4.78 is 13.4. The van der Waals surface area contributed by atoms with Crippen LogP contribution in [-0.4, -0.2) is 35.5 Å². The highest BCUT2D eigenvalue weighted by atomic mass is 35.5. The molecular formula is C12H10ClFN2O4. The van der Waals surface area contributed by atoms with Gasteiger partial charge in [-0.25, -0.2) is 9.18 Å². The number of anilines is 1. The van der Waals surface area contributed by atoms with Gasteiger partial charge < -0.3 is 15.3 Å². The molecule has 0 aromatic heterocycles. The lowest BCUT2D eigenvalue weighted by molar-refractivity contribution is -0.150. The molecule has 0 spiro atoms. The Bertz CT molecular complexity index is 593. The first-order valence-corrected chi connectivity index (χ1v) is 6.08. The predicted molar refractivity (Wildman–Crippen MR) is 67.9 cm³/mol. The molecule has 1 atom stereocenters. The summed E-state index contributed by atoms with van der Waals surface area (Å²) in [6.07, 6.45) is 0.252. The molecule has 6 nitrogen and oxygen atoms in total. The topological polar surface area (TPSA) is 86.7 Å². The van der Waals surface area contributed by atoms with Gasteiger partial charge in [0.05, 0.1) is 5.02 Å². The van der Waals surface area contributed by atoms with E-state index in [0.717, 1.165) is 6.07 Å². The molecule has 2 rings (SSSR count). The number of hydrogen-bond donors (Lipinski definition) is 2. The van der Waals surface area contributed by atoms with Crippen molar-refractivity contribution in [1.82, 2.24) is 5.32 Å². The molecule has 2 N–H and O–H groups in total. The minimum absolute atomic E-state index is 0.0591. The zero-order valence-electron chi connectivity index (χ0n) is 10.1. The first-order valence-electron chi connectivity index (χ1n) is 5.70. The summed E-state index contributed by atoms with van der Waals surface area (Å²) in [6.45, 7) is 0.254. The first-order chi connectivity index (χ1) is 9.40. The molecule has 1 aliphatic rings. The lowest BCUT2D eigenvalue weighted by Crippen LogP contribution is -2.44. The van der Waals surface area contributed by atoms with Crippen molar-refractivity contribution < 1.29 is 23.9 Å². The third kappa shape index (κ3) is 2.72. The summed E-state index contributed by atoms with van der Waals surface area (Å²) >= 11 is 5.56. The van der Waals surface area contributed by atoms with E-state index >= 15 is 0 Å². The van der Waals surface area contributed by atoms with Gasteiger partial charge in [0, 0.05) is 12.2 Å². The lowest BCUT2D eigenvalue weighted by Gasteiger charge is -2.17. The largest absolute Gasteiger partial charge is 0.474 e. The van der Waals surface area contributed by atoms with Crippen LogP contribution in [0.2, 0.25) is 5.02 Å². The number of carboxylic acid groups (broad SMARTS) is 1. The van der Waals surface area contributed by atoms with E-state index in [1.54, 1.807) is 0 Å². The standard InChI is InChI=1S/C12H10ClFN2O4/c13-7-2-1-6(5-8(7)14)16-4-3-9(11(16)18)15-10(17)12(19)20/h1-2,5,9H,3-4H2,(H,15,17)(H,19,20). The fourth-order valence-electron chi connectivity index (χ4n) is 1.94. The molecule has 1 fully saturated rings. The number of hydrogen-bond acceptors (Lipinski definition) is 3. The third-order valence-electron chi connectivity index (χ3n) is 2.92. The Hall–Kier alpha value is -2.15. The Morgan fingerprint density at radius 3 is 2.75 bits per heavy atom. The first kappa shape index (κ1) is 14.3. The summed E-state index contributed by atoms with van der Waals surface area (Å²) in [4.78, 5) is 34.7. The van der Waals surface area contributed by atoms with E-state index in [1.807, 2.05) is 0 Å². The van der Waals surface area contributed by atoms with Gasteiger partial charge >= 0.3 is 11.9 Å². The number of benzene rings is 1. The van der Waals surface area contributed by atoms with E-state index in [1.165, 1.54) is 17.0 Å². The third-order valence-corrected chi connectivity index (χ3v) is 3.23. The highest BCUT2D eigenvalue weighted by molar-refractivity contribution is 6.32. The van der Waals surface area contributed by atoms with Gasteiger partial charge in [0.25, 0.3) is 0 Å². The smallest absolute Gasteiger partial charge is 0.394 e. The van der Waals surface area contributed by atoms with Crippen molar-refractivity contribution in [2.45, 2.75) is 12.5 Å². The number of halogens is 2. The number of carboxylic acids is 1. The van der Waals surface area contributed by atoms with Crippen LogP contribution < -0.4 is 10.2 Å². The molecule has 1 unspecified atom stereocenters. The van der Waals surface area contributed by atoms with Crippen molar-refractivity contribution >= 4 is 35.1 Å². The van der Waals surface area contributed by atoms with Gasteiger partial charge in [0.15, 0.2) is 0 Å². The molecule has 1 aromatic rings. The molecule has 1 heterocycles. The number of rotatable bonds is 2. The maximum Gasteiger partial charge on any atom is 0.394 e. The summed E-state index contributed by atoms with van der Waals surface area (Å²) in [7, 11) is 0. The van der Waals surface area contributed by atoms with Crippen LogP contribution in [0, 0.1) is 5.82 Å². The highest BCUT2D eigenvalue weighted by Gasteiger charge is 2.34. The second-order valence-electron chi connectivity index (χ2n) is 4.21. The molecule has 0 aliphatic carbocycles. The number of aliphatic carboxylic acids is 1. The van der Waals surface area contributed by atoms with Gasteiger partial charge in [-0.1, -0.05) is 11.6 Å². The zero-order chi connectivity index (χ0) is 14.9. The van der Waals surface area contributed by atoms with Gasteiger partial charge in [0.1, 0.15) is 11.9 Å². The van der Waals surface area contributed by atoms with Gasteiger partial charge in [0.2, 0.25) is 5.91 Å². The van der Waals surface area contributed by atoms with Crippen LogP contribution in [0.25, 0.3) is 0 Å². The van der Waals surface area contributed by atoms with E-state index in [0.29, 0.717) is 5.69 Å². The second-order valence-corrected chi connectivity index (χ2v) is 4.62. The summed E-state index contributed by atoms with van der Waals surface area (Å²) in [5.41, 5.74) is 0.309. The molecule has 2 amide bonds. The predicted octanol–water partition coefficient (Wildman–Crippen LogP) is 0.785. The quantitative estimate of drug-likeness (QED) is 0.790. The van der Waals surface area contributed by atoms with Gasteiger partial charge in [-0.05, 0) is 24.6 Å². The maximum absolute atomic E-state index is 13.4. The Labute approximate surface area is 118 Å². The molecule has 1 saturated heterocycles. The van der Waals surface area contributed by atoms with Gasteiger partial charge in [-0.15, -0.1) is 0 Å². The number of carbonyl (C=O) groups excluding carboxylic acids is 2. The minimum atomic E-state index is -1.66. The summed E-state index contributed by atoms with van der Waals surface area (Å²) in [6, 6.07) is 2.99. The fraction of sp³-hybridized carbons (Fsp3) is 0.250. The molecule has 0 saturated carbocycles. The Kier molecular flexibility index (Phi) is 3.89. The van der Waals surface area contributed by atoms with E-state index in [2.05, 4.69) is 5.32 Å². The molecule has 0 bridgehead atoms. The Balaban J connectivity index is 2.13. The molecule has 0 radical (unpaired) electrons. The average molecular weight is 301 g/mol. The van der Waals surface area contributed by atoms with Crippen LogP contribution in [0.15, 0.2) is 18.2 Å². The van der Waals surface area contributed by atoms with Gasteiger partial charge in [-0.3, -0.25) is 9.59 Å². The van der Waals surface area contributed by atoms with Crippen molar-refractivity contribution in [3.05, 3.63) is 29.0 Å². The molecule has 20 heavy (non-hydrogen) atoms. The fourth-order valence-corrected chi connectivity index (χ4v) is 2.06. The van der Waals surface area contributed by atoms with Gasteiger partial charge in [-0.2, -0.15) is 0 Å². The van der Waals surface area contributed by atoms with Crippen LogP contribution >= 0.6 is 11.6 Å². The monoisotopic (exact) mass is 300 g/mol. The van der Waals surface area contributed by atoms with Crippen molar-refractivity contribution in [2.24, 2.45) is 0 Å². The van der Waals surface area contributed by atoms with Crippen molar-refractivity contribution in [3.63, 3.8) is 0 Å². The lowest BCUT2D eigenvalue weighted by atomic mass is 10.2. The molecule has 8 heteroatoms. The van der Waals surface area contributed by atoms with Crippen LogP contribution in [0.3, 0.4) is 0 Å². The average Bonchev–Trinajstić information content (AvgIpc) is 2.74. The van der Waals surface area contributed by atoms with Crippen LogP contribution in [0.5, 0.6) is 0 Å². The normalized spacial score (nSPS) is 18.2. The zero-order valence-corrected chi connectivity index (χ0v) is 10.9. The van der Waals surface area contributed by atoms with E-state index in [4.69, 9.17) is 16.7 Å². The van der Waals surface area contributed by atoms with Crippen molar-refractivity contribution in [3.8, 4) is 0 Å². The minimum Gasteiger partial charge on any atom is -0.474 e. The molecular weight excluding hydrogens is 291 g/mol. The van der Waals surface area contributed by atoms with Crippen LogP contribution in [0.4, 0.5) is 10.1 Å². The SMILES string of the molecule is O=C(O)C(=O)NC1CCN(c2ccc(Cl)c(F)c2)C1=O. The van der Waals surface area contributed by atoms with Crippen molar-refractivity contribution in [2.75, 3.05) is 11.4 Å². The second kappa shape index (κ2) is 5.46. The molecule has 106 valence electrons. The highest BCUT2D eigenvalue weighted by Crippen LogP contribution is 2.25. The number of amides is 2. The Morgan fingerprint density at radius 1 is 1.45 bits per heavy atom. The summed E-state index contributed by atoms with van der Waals surface area (Å²) in [5, 5.41) is 10.5. The van der Waals surface area contributed by atoms with E-state index < -0.39 is 29.6 Å². The number of nitrogens with one attached hydrogen (secondary N) is 1. The van der Waals surface area contributed by atoms with E-state index in [-0.39, 0.29) is 18.0 Å². The van der Waals surface area contributed by atoms with E-state index in [9.17, 15) is 18.8 Å². The Morgan fingerprint density at radius 2 is 2.15 bits per heavy atom. The molecule has 1 aliphatic heterocycles. The molecule has 1 aromatic carbocycles. The number of nitrogens with zero attached hydrogens (tertiary/aromatic N) is 1. The maximum atomic E-state index is 13.4. The number of carbonyl (C=O) groups is 3. The van der Waals surface area contributed by atoms with Crippen molar-refractivity contribution in [1.29, 1.82) is 0 Å². The van der Waals surface area contributed by atoms with Crippen LogP contribution in [-0.2, 0) is 14.4 Å². The summed E-state index contributed by atoms with van der Waals surface area (Å²) in [5.74, 6) is -4.04. The van der Waals surface area contributed by atoms with Crippen LogP contribution in [0.1, 0.15) is 6.42 Å².